The number of hydrogen-bond acceptors (Lipinski definition) is 4. The van der Waals surface area contributed by atoms with Gasteiger partial charge in [0.15, 0.2) is 11.6 Å². The van der Waals surface area contributed by atoms with E-state index in [2.05, 4.69) is 19.1 Å². The number of nitrogens with zero attached hydrogens (tertiary/aromatic N) is 1. The Morgan fingerprint density at radius 3 is 2.38 bits per heavy atom. The third-order valence-corrected chi connectivity index (χ3v) is 5.26. The second-order valence-corrected chi connectivity index (χ2v) is 7.24. The Bertz CT molecular complexity index is 898. The summed E-state index contributed by atoms with van der Waals surface area (Å²) in [5, 5.41) is 8.72. The first-order valence-corrected chi connectivity index (χ1v) is 9.86. The minimum atomic E-state index is -1.31. The Morgan fingerprint density at radius 1 is 1.07 bits per heavy atom. The molecule has 1 fully saturated rings. The fourth-order valence-corrected chi connectivity index (χ4v) is 3.61. The first kappa shape index (κ1) is 20.8. The standard InChI is InChI=1S/C23H23F2NO3/c1-2-13-28-19-10-7-16(8-11-19)15-3-5-17(6-4-15)23(27)29-20-12-9-18(14-26)21(24)22(20)25/h7-12,15,17H,2-6,13H2,1H3/t15-,17-. The van der Waals surface area contributed by atoms with Gasteiger partial charge in [-0.25, -0.2) is 4.39 Å². The monoisotopic (exact) mass is 399 g/mol. The summed E-state index contributed by atoms with van der Waals surface area (Å²) in [6.07, 6.45) is 3.84. The molecule has 1 saturated carbocycles. The van der Waals surface area contributed by atoms with Gasteiger partial charge in [0.05, 0.1) is 18.1 Å². The van der Waals surface area contributed by atoms with E-state index in [0.29, 0.717) is 25.4 Å². The number of esters is 1. The zero-order valence-corrected chi connectivity index (χ0v) is 16.3. The summed E-state index contributed by atoms with van der Waals surface area (Å²) >= 11 is 0. The lowest BCUT2D eigenvalue weighted by molar-refractivity contribution is -0.140. The molecule has 4 nitrogen and oxygen atoms in total. The van der Waals surface area contributed by atoms with E-state index in [1.807, 2.05) is 12.1 Å². The number of carbonyl (C=O) groups excluding carboxylic acids is 1. The van der Waals surface area contributed by atoms with Crippen LogP contribution in [-0.2, 0) is 4.79 Å². The number of ether oxygens (including phenoxy) is 2. The Morgan fingerprint density at radius 2 is 1.76 bits per heavy atom. The van der Waals surface area contributed by atoms with Crippen LogP contribution in [0.2, 0.25) is 0 Å². The van der Waals surface area contributed by atoms with Gasteiger partial charge >= 0.3 is 5.97 Å². The molecule has 3 rings (SSSR count). The van der Waals surface area contributed by atoms with Crippen molar-refractivity contribution in [1.29, 1.82) is 5.26 Å². The van der Waals surface area contributed by atoms with Crippen LogP contribution in [-0.4, -0.2) is 12.6 Å². The molecule has 2 aromatic rings. The largest absolute Gasteiger partial charge is 0.494 e. The Balaban J connectivity index is 1.56. The number of carbonyl (C=O) groups is 1. The van der Waals surface area contributed by atoms with Crippen molar-refractivity contribution in [2.75, 3.05) is 6.61 Å². The summed E-state index contributed by atoms with van der Waals surface area (Å²) in [6.45, 7) is 2.75. The molecule has 0 amide bonds. The van der Waals surface area contributed by atoms with Crippen molar-refractivity contribution >= 4 is 5.97 Å². The lowest BCUT2D eigenvalue weighted by Gasteiger charge is -2.27. The van der Waals surface area contributed by atoms with Gasteiger partial charge in [-0.3, -0.25) is 4.79 Å². The predicted molar refractivity (Wildman–Crippen MR) is 104 cm³/mol. The van der Waals surface area contributed by atoms with Crippen molar-refractivity contribution < 1.29 is 23.0 Å². The van der Waals surface area contributed by atoms with Gasteiger partial charge in [-0.2, -0.15) is 9.65 Å². The highest BCUT2D eigenvalue weighted by Gasteiger charge is 2.29. The molecule has 29 heavy (non-hydrogen) atoms. The first-order valence-electron chi connectivity index (χ1n) is 9.86. The molecule has 0 aliphatic heterocycles. The molecule has 0 heterocycles. The number of hydrogen-bond donors (Lipinski definition) is 0. The quantitative estimate of drug-likeness (QED) is 0.475. The highest BCUT2D eigenvalue weighted by molar-refractivity contribution is 5.75. The molecule has 6 heteroatoms. The van der Waals surface area contributed by atoms with Crippen LogP contribution in [0.4, 0.5) is 8.78 Å². The molecule has 0 saturated heterocycles. The van der Waals surface area contributed by atoms with Gasteiger partial charge in [-0.05, 0) is 67.9 Å². The number of rotatable bonds is 6. The van der Waals surface area contributed by atoms with E-state index in [1.165, 1.54) is 5.56 Å². The Labute approximate surface area is 169 Å². The highest BCUT2D eigenvalue weighted by atomic mass is 19.2. The van der Waals surface area contributed by atoms with Gasteiger partial charge in [0.2, 0.25) is 5.82 Å². The van der Waals surface area contributed by atoms with Crippen LogP contribution in [0, 0.1) is 28.9 Å². The summed E-state index contributed by atoms with van der Waals surface area (Å²) in [6, 6.07) is 11.8. The van der Waals surface area contributed by atoms with Crippen molar-refractivity contribution in [1.82, 2.24) is 0 Å². The minimum Gasteiger partial charge on any atom is -0.494 e. The average Bonchev–Trinajstić information content (AvgIpc) is 2.76. The van der Waals surface area contributed by atoms with Crippen LogP contribution in [0.25, 0.3) is 0 Å². The van der Waals surface area contributed by atoms with E-state index >= 15 is 0 Å². The summed E-state index contributed by atoms with van der Waals surface area (Å²) < 4.78 is 38.3. The molecular formula is C23H23F2NO3. The second kappa shape index (κ2) is 9.51. The van der Waals surface area contributed by atoms with E-state index in [-0.39, 0.29) is 5.92 Å². The van der Waals surface area contributed by atoms with Gasteiger partial charge in [0, 0.05) is 0 Å². The fourth-order valence-electron chi connectivity index (χ4n) is 3.61. The highest BCUT2D eigenvalue weighted by Crippen LogP contribution is 2.37. The number of benzene rings is 2. The zero-order valence-electron chi connectivity index (χ0n) is 16.3. The van der Waals surface area contributed by atoms with Crippen LogP contribution in [0.15, 0.2) is 36.4 Å². The summed E-state index contributed by atoms with van der Waals surface area (Å²) in [5.41, 5.74) is 0.787. The Hall–Kier alpha value is -2.94. The third-order valence-electron chi connectivity index (χ3n) is 5.26. The lowest BCUT2D eigenvalue weighted by atomic mass is 9.79. The van der Waals surface area contributed by atoms with Crippen molar-refractivity contribution in [3.8, 4) is 17.6 Å². The minimum absolute atomic E-state index is 0.350. The van der Waals surface area contributed by atoms with Gasteiger partial charge in [-0.15, -0.1) is 0 Å². The molecule has 152 valence electrons. The average molecular weight is 399 g/mol. The van der Waals surface area contributed by atoms with Gasteiger partial charge in [-0.1, -0.05) is 19.1 Å². The van der Waals surface area contributed by atoms with Crippen molar-refractivity contribution in [3.63, 3.8) is 0 Å². The molecule has 0 unspecified atom stereocenters. The van der Waals surface area contributed by atoms with E-state index in [4.69, 9.17) is 14.7 Å². The van der Waals surface area contributed by atoms with Crippen LogP contribution < -0.4 is 9.47 Å². The van der Waals surface area contributed by atoms with Gasteiger partial charge in [0.25, 0.3) is 0 Å². The van der Waals surface area contributed by atoms with Crippen molar-refractivity contribution in [2.45, 2.75) is 44.9 Å². The molecule has 1 aliphatic rings. The third kappa shape index (κ3) is 4.92. The first-order chi connectivity index (χ1) is 14.0. The van der Waals surface area contributed by atoms with Crippen LogP contribution in [0.3, 0.4) is 0 Å². The topological polar surface area (TPSA) is 59.3 Å². The number of halogens is 2. The molecule has 0 N–H and O–H groups in total. The van der Waals surface area contributed by atoms with E-state index in [9.17, 15) is 13.6 Å². The van der Waals surface area contributed by atoms with Crippen molar-refractivity contribution in [2.24, 2.45) is 5.92 Å². The summed E-state index contributed by atoms with van der Waals surface area (Å²) in [5.74, 6) is -2.79. The van der Waals surface area contributed by atoms with Gasteiger partial charge in [0.1, 0.15) is 11.8 Å². The molecule has 0 radical (unpaired) electrons. The van der Waals surface area contributed by atoms with E-state index < -0.39 is 28.9 Å². The molecule has 2 aromatic carbocycles. The molecule has 0 atom stereocenters. The maximum atomic E-state index is 14.0. The summed E-state index contributed by atoms with van der Waals surface area (Å²) in [7, 11) is 0. The molecule has 0 bridgehead atoms. The smallest absolute Gasteiger partial charge is 0.314 e. The molecule has 0 spiro atoms. The summed E-state index contributed by atoms with van der Waals surface area (Å²) in [4.78, 5) is 12.4. The normalized spacial score (nSPS) is 18.7. The van der Waals surface area contributed by atoms with Crippen LogP contribution >= 0.6 is 0 Å². The predicted octanol–water partition coefficient (Wildman–Crippen LogP) is 5.50. The zero-order chi connectivity index (χ0) is 20.8. The molecule has 1 aliphatic carbocycles. The van der Waals surface area contributed by atoms with E-state index in [0.717, 1.165) is 37.1 Å². The maximum Gasteiger partial charge on any atom is 0.314 e. The van der Waals surface area contributed by atoms with Crippen LogP contribution in [0.1, 0.15) is 56.1 Å². The van der Waals surface area contributed by atoms with Gasteiger partial charge < -0.3 is 9.47 Å². The maximum absolute atomic E-state index is 14.0. The van der Waals surface area contributed by atoms with Crippen LogP contribution in [0.5, 0.6) is 11.5 Å². The lowest BCUT2D eigenvalue weighted by Crippen LogP contribution is -2.25. The Kier molecular flexibility index (Phi) is 6.82. The van der Waals surface area contributed by atoms with Crippen molar-refractivity contribution in [3.05, 3.63) is 59.2 Å². The fraction of sp³-hybridized carbons (Fsp3) is 0.391. The molecule has 0 aromatic heterocycles. The second-order valence-electron chi connectivity index (χ2n) is 7.24. The SMILES string of the molecule is CCCOc1ccc([C@H]2CC[C@H](C(=O)Oc3ccc(C#N)c(F)c3F)CC2)cc1. The molecular weight excluding hydrogens is 376 g/mol. The van der Waals surface area contributed by atoms with E-state index in [1.54, 1.807) is 6.07 Å². The number of nitriles is 1.